The first-order valence-electron chi connectivity index (χ1n) is 9.29. The zero-order chi connectivity index (χ0) is 20.6. The van der Waals surface area contributed by atoms with Gasteiger partial charge < -0.3 is 9.64 Å². The maximum absolute atomic E-state index is 14.5. The maximum atomic E-state index is 14.5. The first kappa shape index (κ1) is 19.6. The Kier molecular flexibility index (Phi) is 5.13. The number of hydrogen-bond donors (Lipinski definition) is 0. The molecule has 0 radical (unpaired) electrons. The van der Waals surface area contributed by atoms with Crippen LogP contribution in [0.15, 0.2) is 54.6 Å². The molecule has 0 N–H and O–H groups in total. The Morgan fingerprint density at radius 3 is 2.83 bits per heavy atom. The number of amides is 1. The number of carbonyl (C=O) groups is 1. The van der Waals surface area contributed by atoms with Crippen LogP contribution >= 0.6 is 11.6 Å². The van der Waals surface area contributed by atoms with E-state index in [0.717, 1.165) is 10.9 Å². The van der Waals surface area contributed by atoms with Crippen LogP contribution in [0.3, 0.4) is 0 Å². The number of piperidine rings is 1. The number of halogens is 3. The molecule has 2 aromatic carbocycles. The predicted octanol–water partition coefficient (Wildman–Crippen LogP) is 5.13. The van der Waals surface area contributed by atoms with Crippen LogP contribution in [0.2, 0.25) is 5.02 Å². The second-order valence-electron chi connectivity index (χ2n) is 7.17. The van der Waals surface area contributed by atoms with E-state index in [0.29, 0.717) is 16.1 Å². The van der Waals surface area contributed by atoms with E-state index in [9.17, 15) is 13.6 Å². The van der Waals surface area contributed by atoms with Gasteiger partial charge in [-0.25, -0.2) is 13.8 Å². The molecule has 1 aliphatic rings. The minimum absolute atomic E-state index is 0.0528. The van der Waals surface area contributed by atoms with Crippen LogP contribution < -0.4 is 4.74 Å². The summed E-state index contributed by atoms with van der Waals surface area (Å²) in [7, 11) is 0. The Morgan fingerprint density at radius 1 is 1.21 bits per heavy atom. The molecule has 1 amide bonds. The highest BCUT2D eigenvalue weighted by Crippen LogP contribution is 2.32. The van der Waals surface area contributed by atoms with Crippen molar-refractivity contribution in [3.8, 4) is 5.88 Å². The van der Waals surface area contributed by atoms with E-state index in [4.69, 9.17) is 16.3 Å². The van der Waals surface area contributed by atoms with E-state index in [2.05, 4.69) is 4.98 Å². The zero-order valence-corrected chi connectivity index (χ0v) is 16.5. The fraction of sp³-hybridized carbons (Fsp3) is 0.273. The van der Waals surface area contributed by atoms with Gasteiger partial charge in [0.15, 0.2) is 6.10 Å². The number of para-hydroxylation sites is 1. The van der Waals surface area contributed by atoms with E-state index < -0.39 is 18.4 Å². The van der Waals surface area contributed by atoms with Crippen molar-refractivity contribution in [1.29, 1.82) is 0 Å². The van der Waals surface area contributed by atoms with Gasteiger partial charge in [-0.2, -0.15) is 0 Å². The molecule has 150 valence electrons. The number of pyridine rings is 1. The van der Waals surface area contributed by atoms with Crippen molar-refractivity contribution in [2.24, 2.45) is 0 Å². The summed E-state index contributed by atoms with van der Waals surface area (Å²) in [6, 6.07) is 15.7. The summed E-state index contributed by atoms with van der Waals surface area (Å²) in [4.78, 5) is 18.6. The van der Waals surface area contributed by atoms with Gasteiger partial charge in [-0.1, -0.05) is 35.9 Å². The molecule has 29 heavy (non-hydrogen) atoms. The third-order valence-corrected chi connectivity index (χ3v) is 5.36. The Hall–Kier alpha value is -2.73. The van der Waals surface area contributed by atoms with Crippen molar-refractivity contribution in [1.82, 2.24) is 9.88 Å². The molecule has 1 aliphatic heterocycles. The van der Waals surface area contributed by atoms with Gasteiger partial charge in [0.1, 0.15) is 0 Å². The maximum Gasteiger partial charge on any atom is 0.287 e. The molecule has 1 atom stereocenters. The Morgan fingerprint density at radius 2 is 2.00 bits per heavy atom. The quantitative estimate of drug-likeness (QED) is 0.594. The molecule has 0 aliphatic carbocycles. The predicted molar refractivity (Wildman–Crippen MR) is 108 cm³/mol. The number of aromatic nitrogens is 1. The van der Waals surface area contributed by atoms with Crippen molar-refractivity contribution in [2.75, 3.05) is 13.1 Å². The van der Waals surface area contributed by atoms with Crippen LogP contribution in [0, 0.1) is 6.92 Å². The number of likely N-dealkylation sites (tertiary alicyclic amines) is 1. The summed E-state index contributed by atoms with van der Waals surface area (Å²) < 4.78 is 34.6. The number of hydrogen-bond acceptors (Lipinski definition) is 3. The molecule has 4 nitrogen and oxygen atoms in total. The Labute approximate surface area is 172 Å². The summed E-state index contributed by atoms with van der Waals surface area (Å²) in [5.41, 5.74) is 1.81. The van der Waals surface area contributed by atoms with Gasteiger partial charge in [0, 0.05) is 35.0 Å². The second kappa shape index (κ2) is 7.59. The van der Waals surface area contributed by atoms with Crippen LogP contribution in [-0.4, -0.2) is 40.9 Å². The van der Waals surface area contributed by atoms with Crippen molar-refractivity contribution >= 4 is 28.4 Å². The van der Waals surface area contributed by atoms with Crippen LogP contribution in [0.5, 0.6) is 5.88 Å². The number of aryl methyl sites for hydroxylation is 1. The molecular weight excluding hydrogens is 398 g/mol. The lowest BCUT2D eigenvalue weighted by Gasteiger charge is -2.38. The van der Waals surface area contributed by atoms with Crippen LogP contribution in [0.1, 0.15) is 22.3 Å². The number of rotatable bonds is 3. The molecule has 1 unspecified atom stereocenters. The molecule has 2 heterocycles. The summed E-state index contributed by atoms with van der Waals surface area (Å²) in [5.74, 6) is -3.28. The van der Waals surface area contributed by atoms with Gasteiger partial charge in [0.2, 0.25) is 5.88 Å². The highest BCUT2D eigenvalue weighted by molar-refractivity contribution is 6.31. The van der Waals surface area contributed by atoms with Crippen molar-refractivity contribution in [3.63, 3.8) is 0 Å². The number of ether oxygens (including phenoxy) is 1. The van der Waals surface area contributed by atoms with Gasteiger partial charge in [-0.3, -0.25) is 4.79 Å². The van der Waals surface area contributed by atoms with Crippen molar-refractivity contribution in [3.05, 3.63) is 70.7 Å². The fourth-order valence-electron chi connectivity index (χ4n) is 3.43. The second-order valence-corrected chi connectivity index (χ2v) is 7.61. The first-order chi connectivity index (χ1) is 13.8. The molecule has 0 saturated carbocycles. The Balaban J connectivity index is 1.56. The number of nitrogens with zero attached hydrogens (tertiary/aromatic N) is 2. The third kappa shape index (κ3) is 4.03. The lowest BCUT2D eigenvalue weighted by Crippen LogP contribution is -2.55. The highest BCUT2D eigenvalue weighted by atomic mass is 35.5. The van der Waals surface area contributed by atoms with Gasteiger partial charge in [-0.05, 0) is 36.8 Å². The molecule has 1 aromatic heterocycles. The third-order valence-electron chi connectivity index (χ3n) is 5.13. The summed E-state index contributed by atoms with van der Waals surface area (Å²) in [6.45, 7) is 1.50. The van der Waals surface area contributed by atoms with Crippen LogP contribution in [0.25, 0.3) is 10.9 Å². The Bertz CT molecular complexity index is 1070. The topological polar surface area (TPSA) is 42.4 Å². The summed E-state index contributed by atoms with van der Waals surface area (Å²) in [6.07, 6.45) is -1.95. The standard InChI is InChI=1S/C22H19ClF2N2O2/c1-14-6-8-16(23)12-17(14)21(28)27-11-10-22(24,25)19(13-27)29-20-9-7-15-4-2-3-5-18(15)26-20/h2-9,12,19H,10-11,13H2,1H3. The molecule has 0 bridgehead atoms. The van der Waals surface area contributed by atoms with E-state index in [1.807, 2.05) is 18.2 Å². The molecule has 3 aromatic rings. The van der Waals surface area contributed by atoms with Gasteiger partial charge >= 0.3 is 0 Å². The van der Waals surface area contributed by atoms with Crippen molar-refractivity contribution < 1.29 is 18.3 Å². The van der Waals surface area contributed by atoms with Crippen molar-refractivity contribution in [2.45, 2.75) is 25.4 Å². The fourth-order valence-corrected chi connectivity index (χ4v) is 3.60. The monoisotopic (exact) mass is 416 g/mol. The lowest BCUT2D eigenvalue weighted by atomic mass is 10.0. The largest absolute Gasteiger partial charge is 0.466 e. The summed E-state index contributed by atoms with van der Waals surface area (Å²) in [5, 5.41) is 1.32. The van der Waals surface area contributed by atoms with Crippen LogP contribution in [0.4, 0.5) is 8.78 Å². The van der Waals surface area contributed by atoms with Gasteiger partial charge in [0.25, 0.3) is 11.8 Å². The SMILES string of the molecule is Cc1ccc(Cl)cc1C(=O)N1CCC(F)(F)C(Oc2ccc3ccccc3n2)C1. The molecule has 1 fully saturated rings. The van der Waals surface area contributed by atoms with E-state index in [1.54, 1.807) is 43.3 Å². The first-order valence-corrected chi connectivity index (χ1v) is 9.67. The molecule has 7 heteroatoms. The average molecular weight is 417 g/mol. The number of alkyl halides is 2. The van der Waals surface area contributed by atoms with Crippen LogP contribution in [-0.2, 0) is 0 Å². The highest BCUT2D eigenvalue weighted by Gasteiger charge is 2.47. The molecule has 0 spiro atoms. The number of fused-ring (bicyclic) bond motifs is 1. The zero-order valence-electron chi connectivity index (χ0n) is 15.7. The molecular formula is C22H19ClF2N2O2. The number of benzene rings is 2. The minimum Gasteiger partial charge on any atom is -0.466 e. The smallest absolute Gasteiger partial charge is 0.287 e. The molecule has 4 rings (SSSR count). The average Bonchev–Trinajstić information content (AvgIpc) is 2.71. The lowest BCUT2D eigenvalue weighted by molar-refractivity contribution is -0.131. The van der Waals surface area contributed by atoms with E-state index in [-0.39, 0.29) is 24.9 Å². The summed E-state index contributed by atoms with van der Waals surface area (Å²) >= 11 is 6.01. The number of carbonyl (C=O) groups excluding carboxylic acids is 1. The molecule has 1 saturated heterocycles. The van der Waals surface area contributed by atoms with E-state index in [1.165, 1.54) is 4.90 Å². The van der Waals surface area contributed by atoms with Gasteiger partial charge in [-0.15, -0.1) is 0 Å². The normalized spacial score (nSPS) is 18.6. The van der Waals surface area contributed by atoms with Gasteiger partial charge in [0.05, 0.1) is 12.1 Å². The minimum atomic E-state index is -3.06. The van der Waals surface area contributed by atoms with E-state index >= 15 is 0 Å².